The van der Waals surface area contributed by atoms with E-state index >= 15 is 0 Å². The van der Waals surface area contributed by atoms with Crippen LogP contribution in [0.15, 0.2) is 0 Å². The summed E-state index contributed by atoms with van der Waals surface area (Å²) >= 11 is 1.72. The smallest absolute Gasteiger partial charge is 0.304 e. The number of hydrogen-bond acceptors (Lipinski definition) is 3. The zero-order valence-electron chi connectivity index (χ0n) is 6.75. The summed E-state index contributed by atoms with van der Waals surface area (Å²) < 4.78 is 0. The van der Waals surface area contributed by atoms with Crippen LogP contribution in [0.4, 0.5) is 0 Å². The molecule has 1 atom stereocenters. The molecule has 11 heavy (non-hydrogen) atoms. The normalized spacial score (nSPS) is 12.9. The molecule has 66 valence electrons. The molecule has 0 aromatic carbocycles. The lowest BCUT2D eigenvalue weighted by Gasteiger charge is -2.06. The minimum absolute atomic E-state index is 0.0801. The summed E-state index contributed by atoms with van der Waals surface area (Å²) in [6.07, 6.45) is 1.20. The van der Waals surface area contributed by atoms with E-state index in [1.54, 1.807) is 11.8 Å². The molecule has 0 bridgehead atoms. The summed E-state index contributed by atoms with van der Waals surface area (Å²) in [7, 11) is 0. The highest BCUT2D eigenvalue weighted by Crippen LogP contribution is 2.04. The lowest BCUT2D eigenvalue weighted by molar-refractivity contribution is -0.137. The summed E-state index contributed by atoms with van der Waals surface area (Å²) in [6.45, 7) is 2.09. The topological polar surface area (TPSA) is 63.3 Å². The summed E-state index contributed by atoms with van der Waals surface area (Å²) in [6, 6.07) is -0.191. The molecule has 0 fully saturated rings. The summed E-state index contributed by atoms with van der Waals surface area (Å²) in [5.41, 5.74) is 5.51. The van der Waals surface area contributed by atoms with Gasteiger partial charge in [0.1, 0.15) is 0 Å². The number of hydrogen-bond donors (Lipinski definition) is 2. The molecule has 3 nitrogen and oxygen atoms in total. The fourth-order valence-corrected chi connectivity index (χ4v) is 1.54. The number of thioether (sulfide) groups is 1. The summed E-state index contributed by atoms with van der Waals surface area (Å²) in [5.74, 6) is 1.00. The number of rotatable bonds is 6. The van der Waals surface area contributed by atoms with Crippen molar-refractivity contribution >= 4 is 17.7 Å². The van der Waals surface area contributed by atoms with Crippen molar-refractivity contribution in [2.45, 2.75) is 25.8 Å². The van der Waals surface area contributed by atoms with Crippen molar-refractivity contribution in [3.8, 4) is 0 Å². The fourth-order valence-electron chi connectivity index (χ4n) is 0.662. The number of aliphatic carboxylic acids is 1. The van der Waals surface area contributed by atoms with Gasteiger partial charge < -0.3 is 10.8 Å². The zero-order chi connectivity index (χ0) is 8.69. The fraction of sp³-hybridized carbons (Fsp3) is 0.857. The molecule has 0 amide bonds. The second-order valence-corrected chi connectivity index (χ2v) is 3.58. The molecule has 0 saturated heterocycles. The van der Waals surface area contributed by atoms with E-state index in [0.717, 1.165) is 17.9 Å². The van der Waals surface area contributed by atoms with E-state index in [2.05, 4.69) is 6.92 Å². The maximum Gasteiger partial charge on any atom is 0.304 e. The molecule has 0 spiro atoms. The number of nitrogens with two attached hydrogens (primary N) is 1. The van der Waals surface area contributed by atoms with Gasteiger partial charge in [0.15, 0.2) is 0 Å². The van der Waals surface area contributed by atoms with Crippen LogP contribution in [0.5, 0.6) is 0 Å². The Morgan fingerprint density at radius 1 is 1.73 bits per heavy atom. The van der Waals surface area contributed by atoms with Gasteiger partial charge in [0.25, 0.3) is 0 Å². The summed E-state index contributed by atoms with van der Waals surface area (Å²) in [4.78, 5) is 10.2. The van der Waals surface area contributed by atoms with Gasteiger partial charge in [-0.2, -0.15) is 11.8 Å². The van der Waals surface area contributed by atoms with Gasteiger partial charge in [0, 0.05) is 11.8 Å². The molecule has 0 rings (SSSR count). The average molecular weight is 177 g/mol. The number of carboxylic acid groups (broad SMARTS) is 1. The minimum atomic E-state index is -0.811. The van der Waals surface area contributed by atoms with Crippen LogP contribution in [0, 0.1) is 0 Å². The zero-order valence-corrected chi connectivity index (χ0v) is 7.56. The van der Waals surface area contributed by atoms with Crippen LogP contribution in [0.2, 0.25) is 0 Å². The van der Waals surface area contributed by atoms with E-state index in [-0.39, 0.29) is 12.5 Å². The quantitative estimate of drug-likeness (QED) is 0.592. The first-order chi connectivity index (χ1) is 5.16. The van der Waals surface area contributed by atoms with Crippen LogP contribution in [0.3, 0.4) is 0 Å². The van der Waals surface area contributed by atoms with Crippen molar-refractivity contribution in [3.63, 3.8) is 0 Å². The Labute approximate surface area is 71.3 Å². The second-order valence-electron chi connectivity index (χ2n) is 2.43. The Morgan fingerprint density at radius 3 is 2.82 bits per heavy atom. The first-order valence-electron chi connectivity index (χ1n) is 3.72. The highest BCUT2D eigenvalue weighted by atomic mass is 32.2. The predicted octanol–water partition coefficient (Wildman–Crippen LogP) is 0.932. The maximum atomic E-state index is 10.2. The van der Waals surface area contributed by atoms with E-state index in [1.807, 2.05) is 0 Å². The third-order valence-electron chi connectivity index (χ3n) is 1.12. The third-order valence-corrected chi connectivity index (χ3v) is 2.48. The minimum Gasteiger partial charge on any atom is -0.481 e. The van der Waals surface area contributed by atoms with Gasteiger partial charge in [0.05, 0.1) is 6.42 Å². The van der Waals surface area contributed by atoms with Crippen molar-refractivity contribution in [2.24, 2.45) is 5.73 Å². The summed E-state index contributed by atoms with van der Waals surface area (Å²) in [5, 5.41) is 8.35. The SMILES string of the molecule is CCCSCC(N)CC(=O)O. The van der Waals surface area contributed by atoms with Crippen molar-refractivity contribution in [1.29, 1.82) is 0 Å². The van der Waals surface area contributed by atoms with Crippen LogP contribution < -0.4 is 5.73 Å². The molecule has 3 N–H and O–H groups in total. The van der Waals surface area contributed by atoms with Gasteiger partial charge in [0.2, 0.25) is 0 Å². The van der Waals surface area contributed by atoms with E-state index < -0.39 is 5.97 Å². The molecule has 4 heteroatoms. The first-order valence-corrected chi connectivity index (χ1v) is 4.87. The van der Waals surface area contributed by atoms with Crippen molar-refractivity contribution in [2.75, 3.05) is 11.5 Å². The standard InChI is InChI=1S/C7H15NO2S/c1-2-3-11-5-6(8)4-7(9)10/h6H,2-5,8H2,1H3,(H,9,10). The van der Waals surface area contributed by atoms with Crippen LogP contribution in [0.25, 0.3) is 0 Å². The highest BCUT2D eigenvalue weighted by Gasteiger charge is 2.06. The van der Waals surface area contributed by atoms with Crippen LogP contribution in [-0.4, -0.2) is 28.6 Å². The van der Waals surface area contributed by atoms with Gasteiger partial charge in [-0.3, -0.25) is 4.79 Å². The van der Waals surface area contributed by atoms with Gasteiger partial charge >= 0.3 is 5.97 Å². The molecule has 0 aliphatic carbocycles. The molecule has 0 heterocycles. The second kappa shape index (κ2) is 6.49. The Bertz CT molecular complexity index is 119. The first kappa shape index (κ1) is 10.8. The lowest BCUT2D eigenvalue weighted by Crippen LogP contribution is -2.26. The monoisotopic (exact) mass is 177 g/mol. The maximum absolute atomic E-state index is 10.2. The van der Waals surface area contributed by atoms with E-state index in [4.69, 9.17) is 10.8 Å². The Morgan fingerprint density at radius 2 is 2.36 bits per heavy atom. The van der Waals surface area contributed by atoms with Gasteiger partial charge in [-0.25, -0.2) is 0 Å². The molecule has 0 aromatic rings. The van der Waals surface area contributed by atoms with E-state index in [0.29, 0.717) is 0 Å². The third kappa shape index (κ3) is 7.68. The van der Waals surface area contributed by atoms with Crippen LogP contribution in [0.1, 0.15) is 19.8 Å². The van der Waals surface area contributed by atoms with Crippen molar-refractivity contribution in [3.05, 3.63) is 0 Å². The molecule has 0 aliphatic heterocycles. The van der Waals surface area contributed by atoms with E-state index in [1.165, 1.54) is 0 Å². The lowest BCUT2D eigenvalue weighted by atomic mass is 10.2. The number of carbonyl (C=O) groups is 1. The molecule has 0 aromatic heterocycles. The molecule has 1 unspecified atom stereocenters. The predicted molar refractivity (Wildman–Crippen MR) is 47.8 cm³/mol. The molecular weight excluding hydrogens is 162 g/mol. The van der Waals surface area contributed by atoms with Gasteiger partial charge in [-0.05, 0) is 12.2 Å². The molecular formula is C7H15NO2S. The Hall–Kier alpha value is -0.220. The molecule has 0 radical (unpaired) electrons. The molecule has 0 saturated carbocycles. The van der Waals surface area contributed by atoms with Crippen molar-refractivity contribution in [1.82, 2.24) is 0 Å². The van der Waals surface area contributed by atoms with Crippen LogP contribution >= 0.6 is 11.8 Å². The van der Waals surface area contributed by atoms with Gasteiger partial charge in [-0.15, -0.1) is 0 Å². The molecule has 0 aliphatic rings. The Balaban J connectivity index is 3.22. The van der Waals surface area contributed by atoms with E-state index in [9.17, 15) is 4.79 Å². The highest BCUT2D eigenvalue weighted by molar-refractivity contribution is 7.99. The van der Waals surface area contributed by atoms with Crippen LogP contribution in [-0.2, 0) is 4.79 Å². The Kier molecular flexibility index (Phi) is 6.36. The average Bonchev–Trinajstić information content (AvgIpc) is 1.86. The van der Waals surface area contributed by atoms with Gasteiger partial charge in [-0.1, -0.05) is 6.92 Å². The largest absolute Gasteiger partial charge is 0.481 e. The number of carboxylic acids is 1. The van der Waals surface area contributed by atoms with Crippen molar-refractivity contribution < 1.29 is 9.90 Å².